The van der Waals surface area contributed by atoms with Gasteiger partial charge >= 0.3 is 0 Å². The molecule has 0 saturated heterocycles. The van der Waals surface area contributed by atoms with Gasteiger partial charge in [-0.3, -0.25) is 0 Å². The molecule has 1 aliphatic carbocycles. The Labute approximate surface area is 104 Å². The van der Waals surface area contributed by atoms with Crippen LogP contribution in [-0.2, 0) is 0 Å². The van der Waals surface area contributed by atoms with Crippen molar-refractivity contribution in [2.24, 2.45) is 0 Å². The summed E-state index contributed by atoms with van der Waals surface area (Å²) >= 11 is 5.79. The van der Waals surface area contributed by atoms with Crippen LogP contribution in [0.25, 0.3) is 0 Å². The van der Waals surface area contributed by atoms with Crippen molar-refractivity contribution < 1.29 is 13.9 Å². The van der Waals surface area contributed by atoms with Crippen LogP contribution < -0.4 is 5.32 Å². The van der Waals surface area contributed by atoms with Crippen LogP contribution in [0.2, 0.25) is 5.02 Å². The standard InChI is InChI=1S/C12H14ClF2NO/c13-10-5-7(14)6-11(15)12(10)16-8-1-3-9(17)4-2-8/h5-6,8-9,16-17H,1-4H2. The number of rotatable bonds is 2. The molecule has 1 aromatic carbocycles. The van der Waals surface area contributed by atoms with Gasteiger partial charge in [0.2, 0.25) is 0 Å². The fourth-order valence-corrected chi connectivity index (χ4v) is 2.35. The smallest absolute Gasteiger partial charge is 0.150 e. The van der Waals surface area contributed by atoms with E-state index in [2.05, 4.69) is 5.32 Å². The molecule has 0 aromatic heterocycles. The van der Waals surface area contributed by atoms with Gasteiger partial charge in [0.1, 0.15) is 5.82 Å². The summed E-state index contributed by atoms with van der Waals surface area (Å²) in [7, 11) is 0. The minimum Gasteiger partial charge on any atom is -0.393 e. The summed E-state index contributed by atoms with van der Waals surface area (Å²) in [6, 6.07) is 1.98. The monoisotopic (exact) mass is 261 g/mol. The number of hydrogen-bond donors (Lipinski definition) is 2. The van der Waals surface area contributed by atoms with Crippen molar-refractivity contribution in [3.05, 3.63) is 28.8 Å². The highest BCUT2D eigenvalue weighted by Crippen LogP contribution is 2.29. The first-order valence-corrected chi connectivity index (χ1v) is 6.03. The highest BCUT2D eigenvalue weighted by Gasteiger charge is 2.21. The maximum absolute atomic E-state index is 13.5. The average Bonchev–Trinajstić information content (AvgIpc) is 2.26. The van der Waals surface area contributed by atoms with E-state index in [0.717, 1.165) is 25.0 Å². The summed E-state index contributed by atoms with van der Waals surface area (Å²) in [6.45, 7) is 0. The molecule has 94 valence electrons. The van der Waals surface area contributed by atoms with Gasteiger partial charge in [0.25, 0.3) is 0 Å². The van der Waals surface area contributed by atoms with E-state index in [-0.39, 0.29) is 22.9 Å². The fourth-order valence-electron chi connectivity index (χ4n) is 2.10. The van der Waals surface area contributed by atoms with Gasteiger partial charge in [-0.05, 0) is 31.7 Å². The summed E-state index contributed by atoms with van der Waals surface area (Å²) in [6.07, 6.45) is 2.64. The molecule has 0 spiro atoms. The topological polar surface area (TPSA) is 32.3 Å². The fraction of sp³-hybridized carbons (Fsp3) is 0.500. The SMILES string of the molecule is OC1CCC(Nc2c(F)cc(F)cc2Cl)CC1. The zero-order valence-corrected chi connectivity index (χ0v) is 9.97. The molecule has 0 unspecified atom stereocenters. The third-order valence-corrected chi connectivity index (χ3v) is 3.35. The van der Waals surface area contributed by atoms with E-state index in [9.17, 15) is 13.9 Å². The van der Waals surface area contributed by atoms with Crippen LogP contribution in [0, 0.1) is 11.6 Å². The number of benzene rings is 1. The largest absolute Gasteiger partial charge is 0.393 e. The van der Waals surface area contributed by atoms with Crippen LogP contribution >= 0.6 is 11.6 Å². The maximum atomic E-state index is 13.5. The summed E-state index contributed by atoms with van der Waals surface area (Å²) in [5.41, 5.74) is 0.148. The van der Waals surface area contributed by atoms with Crippen molar-refractivity contribution in [2.45, 2.75) is 37.8 Å². The van der Waals surface area contributed by atoms with E-state index in [0.29, 0.717) is 12.8 Å². The first kappa shape index (κ1) is 12.6. The first-order chi connectivity index (χ1) is 8.06. The summed E-state index contributed by atoms with van der Waals surface area (Å²) in [5, 5.41) is 12.4. The van der Waals surface area contributed by atoms with Gasteiger partial charge in [0.15, 0.2) is 5.82 Å². The minimum atomic E-state index is -0.683. The van der Waals surface area contributed by atoms with E-state index < -0.39 is 11.6 Å². The van der Waals surface area contributed by atoms with Crippen molar-refractivity contribution in [2.75, 3.05) is 5.32 Å². The van der Waals surface area contributed by atoms with Crippen molar-refractivity contribution >= 4 is 17.3 Å². The maximum Gasteiger partial charge on any atom is 0.150 e. The number of nitrogens with one attached hydrogen (secondary N) is 1. The molecule has 17 heavy (non-hydrogen) atoms. The molecule has 1 saturated carbocycles. The highest BCUT2D eigenvalue weighted by atomic mass is 35.5. The number of hydrogen-bond acceptors (Lipinski definition) is 2. The van der Waals surface area contributed by atoms with Gasteiger partial charge in [-0.15, -0.1) is 0 Å². The van der Waals surface area contributed by atoms with Gasteiger partial charge in [0, 0.05) is 12.1 Å². The molecule has 1 fully saturated rings. The van der Waals surface area contributed by atoms with Crippen molar-refractivity contribution in [3.63, 3.8) is 0 Å². The summed E-state index contributed by atoms with van der Waals surface area (Å²) in [5.74, 6) is -1.36. The van der Waals surface area contributed by atoms with Gasteiger partial charge in [-0.2, -0.15) is 0 Å². The Kier molecular flexibility index (Phi) is 3.84. The number of aliphatic hydroxyl groups excluding tert-OH is 1. The normalized spacial score (nSPS) is 24.7. The van der Waals surface area contributed by atoms with Crippen LogP contribution in [-0.4, -0.2) is 17.3 Å². The van der Waals surface area contributed by atoms with Crippen molar-refractivity contribution in [3.8, 4) is 0 Å². The molecule has 2 nitrogen and oxygen atoms in total. The van der Waals surface area contributed by atoms with Gasteiger partial charge < -0.3 is 10.4 Å². The van der Waals surface area contributed by atoms with Crippen LogP contribution in [0.1, 0.15) is 25.7 Å². The summed E-state index contributed by atoms with van der Waals surface area (Å²) in [4.78, 5) is 0. The molecule has 1 aliphatic rings. The Hall–Kier alpha value is -0.870. The van der Waals surface area contributed by atoms with E-state index in [1.54, 1.807) is 0 Å². The molecule has 0 aliphatic heterocycles. The van der Waals surface area contributed by atoms with Gasteiger partial charge in [-0.25, -0.2) is 8.78 Å². The molecule has 0 radical (unpaired) electrons. The molecule has 2 N–H and O–H groups in total. The van der Waals surface area contributed by atoms with Crippen molar-refractivity contribution in [1.29, 1.82) is 0 Å². The van der Waals surface area contributed by atoms with Crippen molar-refractivity contribution in [1.82, 2.24) is 0 Å². The first-order valence-electron chi connectivity index (χ1n) is 5.65. The summed E-state index contributed by atoms with van der Waals surface area (Å²) < 4.78 is 26.4. The van der Waals surface area contributed by atoms with E-state index in [1.165, 1.54) is 0 Å². The van der Waals surface area contributed by atoms with E-state index in [1.807, 2.05) is 0 Å². The Balaban J connectivity index is 2.08. The molecule has 0 heterocycles. The lowest BCUT2D eigenvalue weighted by atomic mass is 9.93. The molecular weight excluding hydrogens is 248 g/mol. The lowest BCUT2D eigenvalue weighted by molar-refractivity contribution is 0.126. The molecule has 0 amide bonds. The Morgan fingerprint density at radius 2 is 1.82 bits per heavy atom. The molecule has 2 rings (SSSR count). The van der Waals surface area contributed by atoms with E-state index in [4.69, 9.17) is 11.6 Å². The lowest BCUT2D eigenvalue weighted by Gasteiger charge is -2.27. The molecule has 0 atom stereocenters. The molecule has 5 heteroatoms. The molecule has 1 aromatic rings. The minimum absolute atomic E-state index is 0.0496. The zero-order chi connectivity index (χ0) is 12.4. The average molecular weight is 262 g/mol. The number of anilines is 1. The van der Waals surface area contributed by atoms with Crippen LogP contribution in [0.4, 0.5) is 14.5 Å². The zero-order valence-electron chi connectivity index (χ0n) is 9.22. The van der Waals surface area contributed by atoms with Crippen LogP contribution in [0.15, 0.2) is 12.1 Å². The third kappa shape index (κ3) is 3.07. The van der Waals surface area contributed by atoms with E-state index >= 15 is 0 Å². The Bertz CT molecular complexity index is 382. The quantitative estimate of drug-likeness (QED) is 0.856. The van der Waals surface area contributed by atoms with Gasteiger partial charge in [-0.1, -0.05) is 11.6 Å². The predicted octanol–water partition coefficient (Wildman–Crippen LogP) is 3.33. The highest BCUT2D eigenvalue weighted by molar-refractivity contribution is 6.33. The molecule has 0 bridgehead atoms. The second-order valence-electron chi connectivity index (χ2n) is 4.39. The number of aliphatic hydroxyl groups is 1. The van der Waals surface area contributed by atoms with Gasteiger partial charge in [0.05, 0.1) is 16.8 Å². The number of halogens is 3. The molecular formula is C12H14ClF2NO. The second kappa shape index (κ2) is 5.19. The Morgan fingerprint density at radius 1 is 1.18 bits per heavy atom. The predicted molar refractivity (Wildman–Crippen MR) is 63.3 cm³/mol. The van der Waals surface area contributed by atoms with Crippen LogP contribution in [0.3, 0.4) is 0 Å². The Morgan fingerprint density at radius 3 is 2.41 bits per heavy atom. The second-order valence-corrected chi connectivity index (χ2v) is 4.80. The lowest BCUT2D eigenvalue weighted by Crippen LogP contribution is -2.28. The third-order valence-electron chi connectivity index (χ3n) is 3.05. The van der Waals surface area contributed by atoms with Crippen LogP contribution in [0.5, 0.6) is 0 Å².